The number of carbonyl (C=O) groups is 1. The van der Waals surface area contributed by atoms with Crippen LogP contribution >= 0.6 is 12.2 Å². The van der Waals surface area contributed by atoms with Crippen molar-refractivity contribution in [3.63, 3.8) is 0 Å². The summed E-state index contributed by atoms with van der Waals surface area (Å²) in [6.45, 7) is 10.2. The largest absolute Gasteiger partial charge is 0.493 e. The van der Waals surface area contributed by atoms with Crippen LogP contribution in [0.15, 0.2) is 29.5 Å². The van der Waals surface area contributed by atoms with Gasteiger partial charge in [0.25, 0.3) is 0 Å². The molecule has 2 rings (SSSR count). The molecule has 0 aromatic heterocycles. The lowest BCUT2D eigenvalue weighted by molar-refractivity contribution is -0.114. The van der Waals surface area contributed by atoms with Crippen molar-refractivity contribution in [2.24, 2.45) is 0 Å². The summed E-state index contributed by atoms with van der Waals surface area (Å²) < 4.78 is 11.2. The number of ketones is 1. The van der Waals surface area contributed by atoms with E-state index in [-0.39, 0.29) is 17.9 Å². The van der Waals surface area contributed by atoms with E-state index < -0.39 is 0 Å². The van der Waals surface area contributed by atoms with Gasteiger partial charge in [0.1, 0.15) is 0 Å². The zero-order valence-electron chi connectivity index (χ0n) is 15.7. The highest BCUT2D eigenvalue weighted by Crippen LogP contribution is 2.36. The molecule has 5 nitrogen and oxygen atoms in total. The highest BCUT2D eigenvalue weighted by Gasteiger charge is 2.32. The van der Waals surface area contributed by atoms with Gasteiger partial charge in [-0.2, -0.15) is 0 Å². The van der Waals surface area contributed by atoms with E-state index in [0.717, 1.165) is 16.8 Å². The second-order valence-electron chi connectivity index (χ2n) is 6.26. The van der Waals surface area contributed by atoms with Crippen molar-refractivity contribution in [2.45, 2.75) is 46.8 Å². The quantitative estimate of drug-likeness (QED) is 0.781. The summed E-state index contributed by atoms with van der Waals surface area (Å²) in [5.41, 5.74) is 2.53. The maximum absolute atomic E-state index is 12.3. The lowest BCUT2D eigenvalue weighted by Crippen LogP contribution is -2.47. The van der Waals surface area contributed by atoms with Crippen molar-refractivity contribution >= 4 is 23.1 Å². The van der Waals surface area contributed by atoms with E-state index in [1.165, 1.54) is 0 Å². The van der Waals surface area contributed by atoms with Crippen molar-refractivity contribution in [1.82, 2.24) is 10.2 Å². The fraction of sp³-hybridized carbons (Fsp3) is 0.474. The molecular weight excluding hydrogens is 336 g/mol. The molecule has 1 aromatic carbocycles. The molecule has 1 aromatic rings. The van der Waals surface area contributed by atoms with Crippen LogP contribution in [0.25, 0.3) is 0 Å². The van der Waals surface area contributed by atoms with Crippen LogP contribution in [0.2, 0.25) is 0 Å². The number of benzene rings is 1. The van der Waals surface area contributed by atoms with Crippen LogP contribution in [-0.2, 0) is 4.79 Å². The zero-order chi connectivity index (χ0) is 18.7. The van der Waals surface area contributed by atoms with E-state index in [4.69, 9.17) is 21.7 Å². The van der Waals surface area contributed by atoms with E-state index in [0.29, 0.717) is 23.2 Å². The van der Waals surface area contributed by atoms with Crippen molar-refractivity contribution in [3.8, 4) is 11.5 Å². The monoisotopic (exact) mass is 362 g/mol. The van der Waals surface area contributed by atoms with Crippen LogP contribution in [0.3, 0.4) is 0 Å². The van der Waals surface area contributed by atoms with Crippen LogP contribution in [-0.4, -0.2) is 35.6 Å². The average molecular weight is 362 g/mol. The first-order valence-electron chi connectivity index (χ1n) is 8.44. The minimum Gasteiger partial charge on any atom is -0.493 e. The van der Waals surface area contributed by atoms with E-state index >= 15 is 0 Å². The summed E-state index contributed by atoms with van der Waals surface area (Å²) in [5, 5.41) is 3.92. The molecule has 1 N–H and O–H groups in total. The number of nitrogens with one attached hydrogen (secondary N) is 1. The van der Waals surface area contributed by atoms with Gasteiger partial charge in [0.15, 0.2) is 22.4 Å². The Labute approximate surface area is 155 Å². The Bertz CT molecular complexity index is 713. The highest BCUT2D eigenvalue weighted by atomic mass is 32.1. The van der Waals surface area contributed by atoms with Crippen molar-refractivity contribution in [1.29, 1.82) is 0 Å². The molecule has 0 fully saturated rings. The van der Waals surface area contributed by atoms with E-state index in [2.05, 4.69) is 5.32 Å². The smallest absolute Gasteiger partial charge is 0.173 e. The number of allylic oxidation sites excluding steroid dienone is 1. The maximum atomic E-state index is 12.3. The molecule has 0 spiro atoms. The first kappa shape index (κ1) is 19.2. The Hall–Kier alpha value is -2.08. The van der Waals surface area contributed by atoms with Crippen LogP contribution in [0, 0.1) is 0 Å². The Morgan fingerprint density at radius 3 is 2.56 bits per heavy atom. The molecule has 1 atom stereocenters. The Balaban J connectivity index is 2.54. The maximum Gasteiger partial charge on any atom is 0.173 e. The molecule has 136 valence electrons. The highest BCUT2D eigenvalue weighted by molar-refractivity contribution is 7.80. The zero-order valence-corrected chi connectivity index (χ0v) is 16.5. The number of thiocarbonyl (C=S) groups is 1. The first-order valence-corrected chi connectivity index (χ1v) is 8.85. The van der Waals surface area contributed by atoms with Crippen molar-refractivity contribution < 1.29 is 14.3 Å². The number of hydrogen-bond donors (Lipinski definition) is 1. The normalized spacial score (nSPS) is 17.6. The minimum absolute atomic E-state index is 0.0182. The molecule has 0 aliphatic carbocycles. The summed E-state index contributed by atoms with van der Waals surface area (Å²) in [5.74, 6) is 1.34. The van der Waals surface area contributed by atoms with Gasteiger partial charge in [-0.3, -0.25) is 4.79 Å². The van der Waals surface area contributed by atoms with Crippen molar-refractivity contribution in [2.75, 3.05) is 13.7 Å². The molecule has 1 aliphatic heterocycles. The summed E-state index contributed by atoms with van der Waals surface area (Å²) in [6, 6.07) is 5.41. The molecule has 1 heterocycles. The number of rotatable bonds is 6. The van der Waals surface area contributed by atoms with E-state index in [1.54, 1.807) is 14.0 Å². The lowest BCUT2D eigenvalue weighted by Gasteiger charge is -2.37. The number of carbonyl (C=O) groups excluding carboxylic acids is 1. The Kier molecular flexibility index (Phi) is 6.06. The molecule has 6 heteroatoms. The summed E-state index contributed by atoms with van der Waals surface area (Å²) in [4.78, 5) is 14.3. The third-order valence-corrected chi connectivity index (χ3v) is 4.51. The molecule has 1 aliphatic rings. The fourth-order valence-corrected chi connectivity index (χ4v) is 3.47. The van der Waals surface area contributed by atoms with Gasteiger partial charge in [0, 0.05) is 17.8 Å². The molecule has 0 radical (unpaired) electrons. The molecule has 0 saturated heterocycles. The predicted molar refractivity (Wildman–Crippen MR) is 103 cm³/mol. The molecule has 0 amide bonds. The third kappa shape index (κ3) is 3.95. The van der Waals surface area contributed by atoms with Crippen LogP contribution in [0.5, 0.6) is 11.5 Å². The van der Waals surface area contributed by atoms with Gasteiger partial charge >= 0.3 is 0 Å². The topological polar surface area (TPSA) is 50.8 Å². The molecule has 25 heavy (non-hydrogen) atoms. The van der Waals surface area contributed by atoms with Crippen LogP contribution in [0.4, 0.5) is 0 Å². The number of hydrogen-bond acceptors (Lipinski definition) is 4. The summed E-state index contributed by atoms with van der Waals surface area (Å²) >= 11 is 5.48. The predicted octanol–water partition coefficient (Wildman–Crippen LogP) is 3.60. The van der Waals surface area contributed by atoms with Crippen LogP contribution < -0.4 is 14.8 Å². The van der Waals surface area contributed by atoms with Crippen molar-refractivity contribution in [3.05, 3.63) is 35.0 Å². The molecular formula is C19H26N2O3S. The minimum atomic E-state index is -0.298. The molecule has 1 unspecified atom stereocenters. The molecule has 0 saturated carbocycles. The van der Waals surface area contributed by atoms with Gasteiger partial charge in [0.2, 0.25) is 0 Å². The fourth-order valence-electron chi connectivity index (χ4n) is 3.09. The standard InChI is InChI=1S/C19H26N2O3S/c1-7-21-12(4)17(13(5)22)18(20-19(21)25)14-8-9-15(23-6)16(10-14)24-11(2)3/h8-11,18H,7H2,1-6H3,(H,20,25). The van der Waals surface area contributed by atoms with Gasteiger partial charge in [0.05, 0.1) is 19.3 Å². The summed E-state index contributed by atoms with van der Waals surface area (Å²) in [6.07, 6.45) is 0.0182. The lowest BCUT2D eigenvalue weighted by atomic mass is 9.92. The Morgan fingerprint density at radius 1 is 1.36 bits per heavy atom. The van der Waals surface area contributed by atoms with E-state index in [1.807, 2.05) is 50.8 Å². The third-order valence-electron chi connectivity index (χ3n) is 4.18. The number of ether oxygens (including phenoxy) is 2. The van der Waals surface area contributed by atoms with Crippen LogP contribution in [0.1, 0.15) is 46.2 Å². The SMILES string of the molecule is CCN1C(=S)NC(c2ccc(OC)c(OC(C)C)c2)C(C(C)=O)=C1C. The average Bonchev–Trinajstić information content (AvgIpc) is 2.53. The molecule has 0 bridgehead atoms. The number of Topliss-reactive ketones (excluding diaryl/α,β-unsaturated/α-hetero) is 1. The van der Waals surface area contributed by atoms with Gasteiger partial charge in [-0.25, -0.2) is 0 Å². The van der Waals surface area contributed by atoms with Gasteiger partial charge < -0.3 is 19.7 Å². The number of nitrogens with zero attached hydrogens (tertiary/aromatic N) is 1. The first-order chi connectivity index (χ1) is 11.8. The van der Waals surface area contributed by atoms with Gasteiger partial charge in [-0.1, -0.05) is 6.07 Å². The second kappa shape index (κ2) is 7.87. The second-order valence-corrected chi connectivity index (χ2v) is 6.65. The van der Waals surface area contributed by atoms with Gasteiger partial charge in [-0.05, 0) is 64.5 Å². The number of methoxy groups -OCH3 is 1. The summed E-state index contributed by atoms with van der Waals surface area (Å²) in [7, 11) is 1.61. The van der Waals surface area contributed by atoms with E-state index in [9.17, 15) is 4.79 Å². The Morgan fingerprint density at radius 2 is 2.04 bits per heavy atom. The van der Waals surface area contributed by atoms with Gasteiger partial charge in [-0.15, -0.1) is 0 Å².